The highest BCUT2D eigenvalue weighted by atomic mass is 32.1. The fourth-order valence-corrected chi connectivity index (χ4v) is 3.47. The number of fused-ring (bicyclic) bond motifs is 2. The molecule has 0 saturated carbocycles. The van der Waals surface area contributed by atoms with Gasteiger partial charge >= 0.3 is 0 Å². The van der Waals surface area contributed by atoms with E-state index in [9.17, 15) is 0 Å². The SMILES string of the molecule is C/C(=N\N=c1/sc2ccccc2n1C)c1cc2ccccc2o1. The predicted octanol–water partition coefficient (Wildman–Crippen LogP) is 4.31. The Kier molecular flexibility index (Phi) is 3.35. The van der Waals surface area contributed by atoms with Crippen molar-refractivity contribution in [2.24, 2.45) is 17.3 Å². The molecule has 0 aliphatic rings. The van der Waals surface area contributed by atoms with Gasteiger partial charge in [-0.3, -0.25) is 0 Å². The van der Waals surface area contributed by atoms with Gasteiger partial charge in [0.1, 0.15) is 11.3 Å². The molecule has 0 amide bonds. The molecule has 2 heterocycles. The lowest BCUT2D eigenvalue weighted by Crippen LogP contribution is -2.09. The molecule has 0 spiro atoms. The third kappa shape index (κ3) is 2.49. The van der Waals surface area contributed by atoms with Crippen molar-refractivity contribution in [3.8, 4) is 0 Å². The molecule has 0 aliphatic carbocycles. The van der Waals surface area contributed by atoms with E-state index in [-0.39, 0.29) is 0 Å². The fraction of sp³-hybridized carbons (Fsp3) is 0.111. The van der Waals surface area contributed by atoms with Crippen molar-refractivity contribution in [3.63, 3.8) is 0 Å². The van der Waals surface area contributed by atoms with Gasteiger partial charge in [0.2, 0.25) is 4.80 Å². The van der Waals surface area contributed by atoms with E-state index in [1.165, 1.54) is 4.70 Å². The molecule has 0 radical (unpaired) electrons. The summed E-state index contributed by atoms with van der Waals surface area (Å²) in [5.74, 6) is 0.749. The van der Waals surface area contributed by atoms with Crippen LogP contribution in [-0.4, -0.2) is 10.3 Å². The van der Waals surface area contributed by atoms with Crippen LogP contribution in [0.1, 0.15) is 12.7 Å². The van der Waals surface area contributed by atoms with Gasteiger partial charge < -0.3 is 8.98 Å². The zero-order valence-electron chi connectivity index (χ0n) is 12.9. The Bertz CT molecular complexity index is 1070. The molecule has 114 valence electrons. The average molecular weight is 321 g/mol. The molecule has 0 atom stereocenters. The molecule has 2 aromatic carbocycles. The van der Waals surface area contributed by atoms with Gasteiger partial charge in [-0.1, -0.05) is 41.7 Å². The van der Waals surface area contributed by atoms with Crippen LogP contribution in [-0.2, 0) is 7.05 Å². The van der Waals surface area contributed by atoms with Gasteiger partial charge in [-0.25, -0.2) is 0 Å². The largest absolute Gasteiger partial charge is 0.455 e. The highest BCUT2D eigenvalue weighted by molar-refractivity contribution is 7.16. The van der Waals surface area contributed by atoms with Crippen molar-refractivity contribution in [2.75, 3.05) is 0 Å². The average Bonchev–Trinajstić information content (AvgIpc) is 3.15. The first kappa shape index (κ1) is 14.0. The Balaban J connectivity index is 1.77. The lowest BCUT2D eigenvalue weighted by Gasteiger charge is -1.93. The second-order valence-corrected chi connectivity index (χ2v) is 6.35. The molecule has 4 nitrogen and oxygen atoms in total. The topological polar surface area (TPSA) is 42.8 Å². The van der Waals surface area contributed by atoms with Gasteiger partial charge in [0.05, 0.1) is 10.2 Å². The van der Waals surface area contributed by atoms with E-state index >= 15 is 0 Å². The molecule has 0 fully saturated rings. The lowest BCUT2D eigenvalue weighted by atomic mass is 10.2. The van der Waals surface area contributed by atoms with Crippen molar-refractivity contribution >= 4 is 38.2 Å². The summed E-state index contributed by atoms with van der Waals surface area (Å²) in [4.78, 5) is 0.863. The van der Waals surface area contributed by atoms with Crippen LogP contribution >= 0.6 is 11.3 Å². The molecule has 0 unspecified atom stereocenters. The smallest absolute Gasteiger partial charge is 0.211 e. The van der Waals surface area contributed by atoms with Crippen molar-refractivity contribution in [1.82, 2.24) is 4.57 Å². The second-order valence-electron chi connectivity index (χ2n) is 5.35. The van der Waals surface area contributed by atoms with Gasteiger partial charge in [-0.15, -0.1) is 10.2 Å². The van der Waals surface area contributed by atoms with E-state index in [2.05, 4.69) is 26.9 Å². The minimum atomic E-state index is 0.749. The van der Waals surface area contributed by atoms with Gasteiger partial charge in [0.25, 0.3) is 0 Å². The molecule has 0 bridgehead atoms. The number of aromatic nitrogens is 1. The van der Waals surface area contributed by atoms with E-state index < -0.39 is 0 Å². The fourth-order valence-electron chi connectivity index (χ4n) is 2.51. The summed E-state index contributed by atoms with van der Waals surface area (Å²) in [5.41, 5.74) is 2.79. The summed E-state index contributed by atoms with van der Waals surface area (Å²) in [5, 5.41) is 9.83. The highest BCUT2D eigenvalue weighted by Gasteiger charge is 2.06. The first-order chi connectivity index (χ1) is 11.2. The molecule has 2 aromatic heterocycles. The van der Waals surface area contributed by atoms with Crippen LogP contribution < -0.4 is 4.80 Å². The summed E-state index contributed by atoms with van der Waals surface area (Å²) in [6, 6.07) is 18.2. The molecule has 23 heavy (non-hydrogen) atoms. The van der Waals surface area contributed by atoms with E-state index in [4.69, 9.17) is 4.42 Å². The molecule has 5 heteroatoms. The number of hydrogen-bond donors (Lipinski definition) is 0. The van der Waals surface area contributed by atoms with Crippen molar-refractivity contribution in [1.29, 1.82) is 0 Å². The Morgan fingerprint density at radius 2 is 1.87 bits per heavy atom. The zero-order chi connectivity index (χ0) is 15.8. The van der Waals surface area contributed by atoms with E-state index in [1.807, 2.05) is 56.4 Å². The summed E-state index contributed by atoms with van der Waals surface area (Å²) in [6.07, 6.45) is 0. The van der Waals surface area contributed by atoms with Gasteiger partial charge in [0, 0.05) is 12.4 Å². The summed E-state index contributed by atoms with van der Waals surface area (Å²) >= 11 is 1.62. The second kappa shape index (κ2) is 5.52. The standard InChI is InChI=1S/C18H15N3OS/c1-12(16-11-13-7-3-5-9-15(13)22-16)19-20-18-21(2)14-8-4-6-10-17(14)23-18/h3-11H,1-2H3/b19-12+,20-18-. The Morgan fingerprint density at radius 1 is 1.09 bits per heavy atom. The molecule has 0 aliphatic heterocycles. The number of aryl methyl sites for hydroxylation is 1. The Morgan fingerprint density at radius 3 is 2.70 bits per heavy atom. The quantitative estimate of drug-likeness (QED) is 0.401. The van der Waals surface area contributed by atoms with Gasteiger partial charge in [0.15, 0.2) is 5.76 Å². The number of furan rings is 1. The van der Waals surface area contributed by atoms with Crippen molar-refractivity contribution in [2.45, 2.75) is 6.92 Å². The van der Waals surface area contributed by atoms with Crippen LogP contribution in [0.25, 0.3) is 21.2 Å². The van der Waals surface area contributed by atoms with Crippen molar-refractivity contribution < 1.29 is 4.42 Å². The van der Waals surface area contributed by atoms with Crippen LogP contribution in [0.3, 0.4) is 0 Å². The molecule has 0 N–H and O–H groups in total. The number of thiazole rings is 1. The molecule has 4 rings (SSSR count). The van der Waals surface area contributed by atoms with Crippen LogP contribution in [0.15, 0.2) is 69.2 Å². The van der Waals surface area contributed by atoms with E-state index in [1.54, 1.807) is 11.3 Å². The van der Waals surface area contributed by atoms with Gasteiger partial charge in [-0.05, 0) is 31.2 Å². The maximum absolute atomic E-state index is 5.81. The number of nitrogens with zero attached hydrogens (tertiary/aromatic N) is 3. The van der Waals surface area contributed by atoms with Crippen LogP contribution in [0.2, 0.25) is 0 Å². The number of hydrogen-bond acceptors (Lipinski definition) is 4. The maximum atomic E-state index is 5.81. The van der Waals surface area contributed by atoms with Crippen molar-refractivity contribution in [3.05, 3.63) is 65.2 Å². The lowest BCUT2D eigenvalue weighted by molar-refractivity contribution is 0.604. The van der Waals surface area contributed by atoms with E-state index in [0.29, 0.717) is 0 Å². The predicted molar refractivity (Wildman–Crippen MR) is 94.8 cm³/mol. The first-order valence-electron chi connectivity index (χ1n) is 7.34. The normalized spacial score (nSPS) is 13.3. The van der Waals surface area contributed by atoms with Crippen LogP contribution in [0.5, 0.6) is 0 Å². The summed E-state index contributed by atoms with van der Waals surface area (Å²) in [7, 11) is 2.00. The zero-order valence-corrected chi connectivity index (χ0v) is 13.7. The number of para-hydroxylation sites is 2. The monoisotopic (exact) mass is 321 g/mol. The first-order valence-corrected chi connectivity index (χ1v) is 8.16. The Hall–Kier alpha value is -2.66. The Labute approximate surface area is 137 Å². The molecular formula is C18H15N3OS. The third-order valence-electron chi connectivity index (χ3n) is 3.78. The minimum Gasteiger partial charge on any atom is -0.455 e. The summed E-state index contributed by atoms with van der Waals surface area (Å²) in [6.45, 7) is 1.91. The molecule has 0 saturated heterocycles. The van der Waals surface area contributed by atoms with Gasteiger partial charge in [-0.2, -0.15) is 0 Å². The summed E-state index contributed by atoms with van der Waals surface area (Å²) < 4.78 is 9.06. The van der Waals surface area contributed by atoms with Crippen LogP contribution in [0, 0.1) is 0 Å². The van der Waals surface area contributed by atoms with E-state index in [0.717, 1.165) is 32.8 Å². The molecule has 4 aromatic rings. The maximum Gasteiger partial charge on any atom is 0.211 e. The number of rotatable bonds is 2. The number of benzene rings is 2. The highest BCUT2D eigenvalue weighted by Crippen LogP contribution is 2.19. The minimum absolute atomic E-state index is 0.749. The molecular weight excluding hydrogens is 306 g/mol. The third-order valence-corrected chi connectivity index (χ3v) is 4.89. The van der Waals surface area contributed by atoms with Crippen LogP contribution in [0.4, 0.5) is 0 Å².